The van der Waals surface area contributed by atoms with Crippen molar-refractivity contribution in [3.63, 3.8) is 0 Å². The summed E-state index contributed by atoms with van der Waals surface area (Å²) in [5.74, 6) is -0.395. The number of hydrogen-bond donors (Lipinski definition) is 3. The van der Waals surface area contributed by atoms with Crippen LogP contribution < -0.4 is 14.3 Å². The van der Waals surface area contributed by atoms with Crippen LogP contribution in [0.4, 0.5) is 10.1 Å². The van der Waals surface area contributed by atoms with Gasteiger partial charge in [0, 0.05) is 0 Å². The molecule has 7 heteroatoms. The maximum atomic E-state index is 13.8. The van der Waals surface area contributed by atoms with E-state index in [0.717, 1.165) is 9.40 Å². The van der Waals surface area contributed by atoms with Crippen LogP contribution >= 0.6 is 0 Å². The average molecular weight is 446 g/mol. The van der Waals surface area contributed by atoms with Gasteiger partial charge in [-0.1, -0.05) is 0 Å². The van der Waals surface area contributed by atoms with Crippen molar-refractivity contribution in [3.05, 3.63) is 17.8 Å². The third-order valence-electron chi connectivity index (χ3n) is 3.57. The Morgan fingerprint density at radius 3 is 2.42 bits per heavy atom. The number of nitrogens with one attached hydrogen (secondary N) is 2. The van der Waals surface area contributed by atoms with Crippen LogP contribution in [0.25, 0.3) is 0 Å². The number of aliphatic hydroxyl groups is 1. The van der Waals surface area contributed by atoms with Gasteiger partial charge in [-0.15, -0.1) is 0 Å². The topological polar surface area (TPSA) is 74.2 Å². The first-order valence-electron chi connectivity index (χ1n) is 8.24. The molecule has 0 aliphatic rings. The Hall–Kier alpha value is -0.891. The molecule has 0 bridgehead atoms. The number of anilines is 1. The molecular weight excluding hydrogens is 416 g/mol. The first-order chi connectivity index (χ1) is 10.8. The van der Waals surface area contributed by atoms with Crippen LogP contribution in [0.15, 0.2) is 12.3 Å². The summed E-state index contributed by atoms with van der Waals surface area (Å²) in [6, 6.07) is 2.11. The molecule has 3 N–H and O–H groups in total. The van der Waals surface area contributed by atoms with E-state index in [2.05, 4.69) is 30.4 Å². The second-order valence-corrected chi connectivity index (χ2v) is 22.3. The van der Waals surface area contributed by atoms with Crippen molar-refractivity contribution < 1.29 is 14.3 Å². The summed E-state index contributed by atoms with van der Waals surface area (Å²) in [6.07, 6.45) is 0.0236. The Morgan fingerprint density at radius 2 is 1.96 bits per heavy atom. The minimum absolute atomic E-state index is 0.160. The SMILES string of the molecule is CC(C)Nc1c[c]([Sn]([CH3])([CH3])[CH3])ncc1C(=O)NCC(F)C(C)(C)O. The molecule has 1 atom stereocenters. The zero-order chi connectivity index (χ0) is 18.7. The number of halogens is 1. The van der Waals surface area contributed by atoms with Crippen LogP contribution in [0, 0.1) is 0 Å². The van der Waals surface area contributed by atoms with Gasteiger partial charge in [-0.2, -0.15) is 0 Å². The predicted molar refractivity (Wildman–Crippen MR) is 99.5 cm³/mol. The monoisotopic (exact) mass is 447 g/mol. The van der Waals surface area contributed by atoms with Gasteiger partial charge in [0.1, 0.15) is 0 Å². The molecule has 1 rings (SSSR count). The molecule has 0 fully saturated rings. The van der Waals surface area contributed by atoms with Gasteiger partial charge >= 0.3 is 148 Å². The van der Waals surface area contributed by atoms with Gasteiger partial charge in [-0.25, -0.2) is 0 Å². The van der Waals surface area contributed by atoms with Crippen LogP contribution in [0.2, 0.25) is 14.8 Å². The summed E-state index contributed by atoms with van der Waals surface area (Å²) >= 11 is -2.36. The normalized spacial score (nSPS) is 13.8. The Kier molecular flexibility index (Phi) is 7.04. The first kappa shape index (κ1) is 21.2. The number of pyridine rings is 1. The summed E-state index contributed by atoms with van der Waals surface area (Å²) in [7, 11) is 0. The molecule has 1 heterocycles. The average Bonchev–Trinajstić information content (AvgIpc) is 2.41. The van der Waals surface area contributed by atoms with E-state index in [1.165, 1.54) is 13.8 Å². The molecule has 0 aliphatic heterocycles. The number of carbonyl (C=O) groups is 1. The van der Waals surface area contributed by atoms with Crippen molar-refractivity contribution >= 4 is 33.7 Å². The molecule has 0 aliphatic carbocycles. The van der Waals surface area contributed by atoms with E-state index in [-0.39, 0.29) is 12.6 Å². The summed E-state index contributed by atoms with van der Waals surface area (Å²) in [6.45, 7) is 6.50. The maximum absolute atomic E-state index is 13.8. The van der Waals surface area contributed by atoms with Gasteiger partial charge in [-0.05, 0) is 0 Å². The molecule has 0 spiro atoms. The van der Waals surface area contributed by atoms with E-state index in [4.69, 9.17) is 0 Å². The molecule has 24 heavy (non-hydrogen) atoms. The van der Waals surface area contributed by atoms with E-state index >= 15 is 0 Å². The molecule has 0 saturated carbocycles. The summed E-state index contributed by atoms with van der Waals surface area (Å²) in [5, 5.41) is 15.4. The molecule has 1 aromatic rings. The Bertz CT molecular complexity index is 580. The van der Waals surface area contributed by atoms with Crippen LogP contribution in [-0.4, -0.2) is 58.7 Å². The summed E-state index contributed by atoms with van der Waals surface area (Å²) < 4.78 is 14.9. The van der Waals surface area contributed by atoms with Crippen LogP contribution in [-0.2, 0) is 0 Å². The van der Waals surface area contributed by atoms with Crippen molar-refractivity contribution in [2.24, 2.45) is 0 Å². The third kappa shape index (κ3) is 6.20. The molecule has 136 valence electrons. The number of hydrogen-bond acceptors (Lipinski definition) is 4. The van der Waals surface area contributed by atoms with Crippen LogP contribution in [0.1, 0.15) is 38.1 Å². The van der Waals surface area contributed by atoms with E-state index in [1.807, 2.05) is 19.9 Å². The van der Waals surface area contributed by atoms with Gasteiger partial charge in [0.15, 0.2) is 0 Å². The second-order valence-electron chi connectivity index (χ2n) is 8.00. The van der Waals surface area contributed by atoms with E-state index < -0.39 is 36.1 Å². The van der Waals surface area contributed by atoms with Crippen molar-refractivity contribution in [3.8, 4) is 0 Å². The fourth-order valence-electron chi connectivity index (χ4n) is 2.00. The zero-order valence-corrected chi connectivity index (χ0v) is 18.6. The van der Waals surface area contributed by atoms with Gasteiger partial charge in [0.05, 0.1) is 0 Å². The van der Waals surface area contributed by atoms with Crippen LogP contribution in [0.3, 0.4) is 0 Å². The van der Waals surface area contributed by atoms with Gasteiger partial charge in [0.2, 0.25) is 0 Å². The summed E-state index contributed by atoms with van der Waals surface area (Å²) in [5.41, 5.74) is -0.376. The fraction of sp³-hybridized carbons (Fsp3) is 0.647. The number of amides is 1. The van der Waals surface area contributed by atoms with Crippen molar-refractivity contribution in [2.75, 3.05) is 11.9 Å². The van der Waals surface area contributed by atoms with E-state index in [0.29, 0.717) is 5.56 Å². The Morgan fingerprint density at radius 1 is 1.38 bits per heavy atom. The molecule has 5 nitrogen and oxygen atoms in total. The zero-order valence-electron chi connectivity index (χ0n) is 15.7. The van der Waals surface area contributed by atoms with Crippen molar-refractivity contribution in [1.29, 1.82) is 0 Å². The van der Waals surface area contributed by atoms with E-state index in [1.54, 1.807) is 6.20 Å². The number of rotatable bonds is 7. The number of aromatic nitrogens is 1. The second kappa shape index (κ2) is 7.99. The van der Waals surface area contributed by atoms with Crippen LogP contribution in [0.5, 0.6) is 0 Å². The Labute approximate surface area is 148 Å². The molecule has 1 aromatic heterocycles. The van der Waals surface area contributed by atoms with E-state index in [9.17, 15) is 14.3 Å². The van der Waals surface area contributed by atoms with Crippen molar-refractivity contribution in [1.82, 2.24) is 10.3 Å². The third-order valence-corrected chi connectivity index (χ3v) is 8.74. The van der Waals surface area contributed by atoms with Crippen molar-refractivity contribution in [2.45, 2.75) is 60.3 Å². The fourth-order valence-corrected chi connectivity index (χ4v) is 4.94. The summed E-state index contributed by atoms with van der Waals surface area (Å²) in [4.78, 5) is 23.7. The quantitative estimate of drug-likeness (QED) is 0.563. The minimum atomic E-state index is -2.36. The number of nitrogens with zero attached hydrogens (tertiary/aromatic N) is 1. The van der Waals surface area contributed by atoms with Gasteiger partial charge in [-0.3, -0.25) is 0 Å². The standard InChI is InChI=1S/C14H21FN3O2.3CH3.Sn/c1-9(2)18-11-5-6-16-7-10(11)13(19)17-8-12(15)14(3,4)20;;;;/h5,7,9,12,20H,8H2,1-4H3,(H,16,18)(H,17,19);3*1H3;. The molecule has 0 saturated heterocycles. The number of carbonyl (C=O) groups excluding carboxylic acids is 1. The molecular formula is C17H30FN3O2Sn. The first-order valence-corrected chi connectivity index (χ1v) is 18.2. The van der Waals surface area contributed by atoms with Gasteiger partial charge < -0.3 is 0 Å². The molecule has 1 amide bonds. The molecule has 1 unspecified atom stereocenters. The van der Waals surface area contributed by atoms with Gasteiger partial charge in [0.25, 0.3) is 0 Å². The molecule has 0 radical (unpaired) electrons. The predicted octanol–water partition coefficient (Wildman–Crippen LogP) is 2.29. The Balaban J connectivity index is 3.02. The number of alkyl halides is 1. The molecule has 0 aromatic carbocycles.